The van der Waals surface area contributed by atoms with Gasteiger partial charge in [0.15, 0.2) is 0 Å². The fraction of sp³-hybridized carbons (Fsp3) is 0.375. The number of hydrogen-bond donors (Lipinski definition) is 0. The molecule has 2 aromatic rings. The Kier molecular flexibility index (Phi) is 13.1. The van der Waals surface area contributed by atoms with Gasteiger partial charge in [0.1, 0.15) is 0 Å². The van der Waals surface area contributed by atoms with Crippen LogP contribution in [0.5, 0.6) is 0 Å². The molecule has 0 unspecified atom stereocenters. The second-order valence-electron chi connectivity index (χ2n) is 4.63. The average Bonchev–Trinajstić information content (AvgIpc) is 2.59. The van der Waals surface area contributed by atoms with Gasteiger partial charge in [-0.2, -0.15) is 20.2 Å². The summed E-state index contributed by atoms with van der Waals surface area (Å²) in [5, 5.41) is 0. The minimum Gasteiger partial charge on any atom is -0.265 e. The van der Waals surface area contributed by atoms with Gasteiger partial charge in [0.2, 0.25) is 0 Å². The van der Waals surface area contributed by atoms with E-state index in [0.717, 1.165) is 26.7 Å². The number of aromatic nitrogens is 2. The summed E-state index contributed by atoms with van der Waals surface area (Å²) in [6.45, 7) is 2.18. The highest BCUT2D eigenvalue weighted by Crippen LogP contribution is 2.15. The van der Waals surface area contributed by atoms with Gasteiger partial charge in [0.25, 0.3) is 10.1 Å². The minimum atomic E-state index is -3.38. The molecule has 2 rings (SSSR count). The largest absolute Gasteiger partial charge is 0.265 e. The van der Waals surface area contributed by atoms with Crippen molar-refractivity contribution in [2.24, 2.45) is 0 Å². The zero-order chi connectivity index (χ0) is 20.7. The Morgan fingerprint density at radius 1 is 1.15 bits per heavy atom. The third-order valence-electron chi connectivity index (χ3n) is 2.44. The molecule has 2 heterocycles. The summed E-state index contributed by atoms with van der Waals surface area (Å²) in [6, 6.07) is 3.85. The lowest BCUT2D eigenvalue weighted by Gasteiger charge is -2.00. The van der Waals surface area contributed by atoms with Gasteiger partial charge < -0.3 is 0 Å². The van der Waals surface area contributed by atoms with Crippen LogP contribution in [-0.2, 0) is 26.7 Å². The predicted octanol–water partition coefficient (Wildman–Crippen LogP) is 5.00. The first-order valence-electron chi connectivity index (χ1n) is 7.88. The maximum absolute atomic E-state index is 10.6. The molecule has 0 aromatic carbocycles. The normalized spacial score (nSPS) is 10.7. The molecule has 0 N–H and O–H groups in total. The second-order valence-corrected chi connectivity index (χ2v) is 9.38. The fourth-order valence-electron chi connectivity index (χ4n) is 1.46. The van der Waals surface area contributed by atoms with Crippen molar-refractivity contribution in [3.8, 4) is 0 Å². The Labute approximate surface area is 177 Å². The molecule has 0 amide bonds. The van der Waals surface area contributed by atoms with E-state index in [4.69, 9.17) is 1.37 Å². The first kappa shape index (κ1) is 23.5. The number of hydrogen-bond acceptors (Lipinski definition) is 6. The molecule has 0 radical (unpaired) electrons. The number of halogens is 3. The molecule has 146 valence electrons. The number of alkyl halides is 1. The van der Waals surface area contributed by atoms with Crippen LogP contribution in [0.2, 0.25) is 0 Å². The van der Waals surface area contributed by atoms with E-state index in [1.54, 1.807) is 24.7 Å². The zero-order valence-corrected chi connectivity index (χ0v) is 19.2. The van der Waals surface area contributed by atoms with Gasteiger partial charge in [0.05, 0.1) is 21.4 Å². The van der Waals surface area contributed by atoms with Crippen molar-refractivity contribution >= 4 is 53.7 Å². The van der Waals surface area contributed by atoms with E-state index in [0.29, 0.717) is 5.56 Å². The molecule has 0 aliphatic carbocycles. The summed E-state index contributed by atoms with van der Waals surface area (Å²) < 4.78 is 43.2. The van der Waals surface area contributed by atoms with Gasteiger partial charge in [-0.15, -0.1) is 0 Å². The first-order valence-corrected chi connectivity index (χ1v) is 11.7. The summed E-state index contributed by atoms with van der Waals surface area (Å²) in [5.74, 6) is 2.22. The SMILES string of the molecule is CCSCc1cncc(Br)c1.CS(=O)(=O)OCc1cncc(Br)c1.[2H]CF. The molecule has 0 bridgehead atoms. The van der Waals surface area contributed by atoms with E-state index < -0.39 is 17.3 Å². The Balaban J connectivity index is 0.000000442. The second kappa shape index (κ2) is 14.5. The van der Waals surface area contributed by atoms with Gasteiger partial charge in [-0.1, -0.05) is 6.92 Å². The molecule has 0 aliphatic heterocycles. The van der Waals surface area contributed by atoms with Crippen molar-refractivity contribution < 1.29 is 18.4 Å². The maximum atomic E-state index is 10.6. The fourth-order valence-corrected chi connectivity index (χ4v) is 3.24. The molecular formula is C16H21Br2FN2O3S2. The van der Waals surface area contributed by atoms with Crippen LogP contribution >= 0.6 is 43.6 Å². The lowest BCUT2D eigenvalue weighted by atomic mass is 10.3. The molecule has 26 heavy (non-hydrogen) atoms. The van der Waals surface area contributed by atoms with Crippen molar-refractivity contribution in [3.63, 3.8) is 0 Å². The van der Waals surface area contributed by atoms with Crippen LogP contribution in [0.25, 0.3) is 0 Å². The van der Waals surface area contributed by atoms with Gasteiger partial charge >= 0.3 is 0 Å². The lowest BCUT2D eigenvalue weighted by molar-refractivity contribution is 0.311. The number of rotatable bonds is 6. The summed E-state index contributed by atoms with van der Waals surface area (Å²) in [5.41, 5.74) is 1.99. The van der Waals surface area contributed by atoms with E-state index >= 15 is 0 Å². The highest BCUT2D eigenvalue weighted by molar-refractivity contribution is 9.10. The molecule has 0 saturated heterocycles. The molecule has 2 aromatic heterocycles. The van der Waals surface area contributed by atoms with Gasteiger partial charge in [-0.3, -0.25) is 18.5 Å². The third kappa shape index (κ3) is 13.6. The van der Waals surface area contributed by atoms with Crippen LogP contribution in [-0.4, -0.2) is 37.5 Å². The van der Waals surface area contributed by atoms with E-state index in [9.17, 15) is 12.8 Å². The third-order valence-corrected chi connectivity index (χ3v) is 4.79. The molecular weight excluding hydrogens is 511 g/mol. The molecule has 0 spiro atoms. The van der Waals surface area contributed by atoms with Crippen LogP contribution in [0.3, 0.4) is 0 Å². The highest BCUT2D eigenvalue weighted by Gasteiger charge is 2.02. The molecule has 10 heteroatoms. The van der Waals surface area contributed by atoms with E-state index in [-0.39, 0.29) is 6.61 Å². The van der Waals surface area contributed by atoms with E-state index in [1.165, 1.54) is 5.56 Å². The summed E-state index contributed by atoms with van der Waals surface area (Å²) in [6.07, 6.45) is 7.89. The number of pyridine rings is 2. The highest BCUT2D eigenvalue weighted by atomic mass is 79.9. The smallest absolute Gasteiger partial charge is 0.264 e. The van der Waals surface area contributed by atoms with Crippen LogP contribution in [0.1, 0.15) is 19.4 Å². The van der Waals surface area contributed by atoms with Gasteiger partial charge in [-0.25, -0.2) is 0 Å². The number of nitrogens with zero attached hydrogens (tertiary/aromatic N) is 2. The van der Waals surface area contributed by atoms with Gasteiger partial charge in [0, 0.05) is 39.5 Å². The molecule has 0 saturated carbocycles. The van der Waals surface area contributed by atoms with Crippen molar-refractivity contribution in [1.29, 1.82) is 0 Å². The Bertz CT molecular complexity index is 771. The Morgan fingerprint density at radius 2 is 1.65 bits per heavy atom. The van der Waals surface area contributed by atoms with Crippen LogP contribution in [0.15, 0.2) is 45.9 Å². The Morgan fingerprint density at radius 3 is 2.12 bits per heavy atom. The maximum Gasteiger partial charge on any atom is 0.264 e. The first-order chi connectivity index (χ1) is 12.7. The average molecular weight is 533 g/mol. The van der Waals surface area contributed by atoms with Crippen molar-refractivity contribution in [1.82, 2.24) is 9.97 Å². The lowest BCUT2D eigenvalue weighted by Crippen LogP contribution is -2.02. The van der Waals surface area contributed by atoms with Gasteiger partial charge in [-0.05, 0) is 60.9 Å². The summed E-state index contributed by atoms with van der Waals surface area (Å²) >= 11 is 8.51. The number of thioether (sulfide) groups is 1. The summed E-state index contributed by atoms with van der Waals surface area (Å²) in [7, 11) is -4.38. The van der Waals surface area contributed by atoms with Crippen molar-refractivity contribution in [3.05, 3.63) is 57.0 Å². The van der Waals surface area contributed by atoms with E-state index in [1.807, 2.05) is 18.0 Å². The van der Waals surface area contributed by atoms with Crippen LogP contribution < -0.4 is 0 Å². The van der Waals surface area contributed by atoms with Crippen LogP contribution in [0, 0.1) is 0 Å². The topological polar surface area (TPSA) is 69.2 Å². The Hall–Kier alpha value is -0.550. The predicted molar refractivity (Wildman–Crippen MR) is 112 cm³/mol. The molecule has 0 atom stereocenters. The van der Waals surface area contributed by atoms with Crippen LogP contribution in [0.4, 0.5) is 4.39 Å². The molecule has 0 fully saturated rings. The molecule has 0 aliphatic rings. The van der Waals surface area contributed by atoms with Crippen molar-refractivity contribution in [2.75, 3.05) is 19.2 Å². The zero-order valence-electron chi connectivity index (χ0n) is 15.4. The van der Waals surface area contributed by atoms with Crippen molar-refractivity contribution in [2.45, 2.75) is 19.3 Å². The monoisotopic (exact) mass is 531 g/mol. The standard InChI is InChI=1S/C8H10BrNS.C7H8BrNO3S.CH3F/c1-2-11-6-7-3-8(9)5-10-4-7;1-13(10,11)12-5-6-2-7(8)4-9-3-6;1-2/h3-5H,2,6H2,1H3;2-4H,5H2,1H3;1H3/i;;1D. The molecule has 5 nitrogen and oxygen atoms in total. The minimum absolute atomic E-state index is 0.0191. The summed E-state index contributed by atoms with van der Waals surface area (Å²) in [4.78, 5) is 7.94. The van der Waals surface area contributed by atoms with E-state index in [2.05, 4.69) is 59.0 Å². The quantitative estimate of drug-likeness (QED) is 0.487.